The van der Waals surface area contributed by atoms with Crippen LogP contribution in [0.15, 0.2) is 66.7 Å². The number of hydrogen-bond acceptors (Lipinski definition) is 6. The van der Waals surface area contributed by atoms with Crippen molar-refractivity contribution in [2.24, 2.45) is 17.8 Å². The number of Topliss-reactive ketones (excluding diaryl/α,β-unsaturated/α-hetero) is 1. The lowest BCUT2D eigenvalue weighted by Crippen LogP contribution is -2.52. The van der Waals surface area contributed by atoms with Crippen molar-refractivity contribution >= 4 is 29.2 Å². The van der Waals surface area contributed by atoms with Gasteiger partial charge in [-0.2, -0.15) is 5.01 Å². The third-order valence-corrected chi connectivity index (χ3v) is 6.05. The monoisotopic (exact) mass is 447 g/mol. The van der Waals surface area contributed by atoms with Gasteiger partial charge in [-0.3, -0.25) is 29.3 Å². The fourth-order valence-corrected chi connectivity index (χ4v) is 4.41. The van der Waals surface area contributed by atoms with Crippen LogP contribution >= 0.6 is 0 Å². The lowest BCUT2D eigenvalue weighted by molar-refractivity contribution is -0.385. The number of carbonyl (C=O) groups excluding carboxylic acids is 4. The van der Waals surface area contributed by atoms with E-state index in [1.807, 2.05) is 19.1 Å². The van der Waals surface area contributed by atoms with E-state index < -0.39 is 52.5 Å². The molecule has 9 nitrogen and oxygen atoms in total. The quantitative estimate of drug-likeness (QED) is 0.221. The molecular formula is C24H21N3O6. The predicted octanol–water partition coefficient (Wildman–Crippen LogP) is 3.03. The number of nitro groups is 1. The molecule has 2 aromatic rings. The van der Waals surface area contributed by atoms with Crippen LogP contribution in [0.4, 0.5) is 5.69 Å². The zero-order valence-corrected chi connectivity index (χ0v) is 17.8. The number of para-hydroxylation sites is 1. The predicted molar refractivity (Wildman–Crippen MR) is 117 cm³/mol. The number of benzene rings is 2. The van der Waals surface area contributed by atoms with E-state index in [0.29, 0.717) is 6.42 Å². The van der Waals surface area contributed by atoms with E-state index in [2.05, 4.69) is 0 Å². The van der Waals surface area contributed by atoms with Crippen LogP contribution in [0, 0.1) is 27.9 Å². The third kappa shape index (κ3) is 3.93. The van der Waals surface area contributed by atoms with Crippen LogP contribution < -0.4 is 0 Å². The molecule has 2 aliphatic rings. The number of nitro benzene ring substituents is 1. The number of carbonyl (C=O) groups is 4. The maximum Gasteiger partial charge on any atom is 0.282 e. The van der Waals surface area contributed by atoms with Crippen LogP contribution in [-0.4, -0.2) is 45.0 Å². The average Bonchev–Trinajstić information content (AvgIpc) is 3.08. The second-order valence-electron chi connectivity index (χ2n) is 8.07. The smallest absolute Gasteiger partial charge is 0.282 e. The van der Waals surface area contributed by atoms with Crippen molar-refractivity contribution in [3.8, 4) is 0 Å². The molecule has 1 aliphatic heterocycles. The summed E-state index contributed by atoms with van der Waals surface area (Å²) in [6, 6.07) is 13.4. The SMILES string of the molecule is C[C@@H]1C=CC[C@@H]2C(=O)N(N(CC(=O)c3ccccc3)C(=O)c3ccccc3[N+](=O)[O-])C(=O)[C@H]12. The fourth-order valence-electron chi connectivity index (χ4n) is 4.41. The summed E-state index contributed by atoms with van der Waals surface area (Å²) in [6.45, 7) is 1.19. The first kappa shape index (κ1) is 22.1. The molecule has 1 aliphatic carbocycles. The van der Waals surface area contributed by atoms with E-state index in [-0.39, 0.29) is 17.0 Å². The molecule has 4 rings (SSSR count). The Morgan fingerprint density at radius 3 is 2.39 bits per heavy atom. The first-order valence-corrected chi connectivity index (χ1v) is 10.5. The molecular weight excluding hydrogens is 426 g/mol. The van der Waals surface area contributed by atoms with Crippen LogP contribution in [-0.2, 0) is 9.59 Å². The van der Waals surface area contributed by atoms with Gasteiger partial charge in [-0.25, -0.2) is 5.01 Å². The van der Waals surface area contributed by atoms with Crippen molar-refractivity contribution in [3.05, 3.63) is 88.0 Å². The van der Waals surface area contributed by atoms with Gasteiger partial charge in [-0.15, -0.1) is 0 Å². The van der Waals surface area contributed by atoms with Crippen molar-refractivity contribution in [3.63, 3.8) is 0 Å². The maximum absolute atomic E-state index is 13.5. The van der Waals surface area contributed by atoms with E-state index in [4.69, 9.17) is 0 Å². The Balaban J connectivity index is 1.76. The topological polar surface area (TPSA) is 118 Å². The van der Waals surface area contributed by atoms with Gasteiger partial charge in [0.25, 0.3) is 23.4 Å². The number of nitrogens with zero attached hydrogens (tertiary/aromatic N) is 3. The van der Waals surface area contributed by atoms with E-state index >= 15 is 0 Å². The van der Waals surface area contributed by atoms with Crippen LogP contribution in [0.5, 0.6) is 0 Å². The Labute approximate surface area is 189 Å². The number of amides is 3. The normalized spacial score (nSPS) is 21.6. The van der Waals surface area contributed by atoms with Crippen molar-refractivity contribution in [1.29, 1.82) is 0 Å². The summed E-state index contributed by atoms with van der Waals surface area (Å²) < 4.78 is 0. The van der Waals surface area contributed by atoms with Gasteiger partial charge in [0.15, 0.2) is 5.78 Å². The first-order valence-electron chi connectivity index (χ1n) is 10.5. The standard InChI is InChI=1S/C24H21N3O6/c1-15-8-7-12-18-21(15)24(31)26(23(18)30)25(14-20(28)16-9-3-2-4-10-16)22(29)17-11-5-6-13-19(17)27(32)33/h2-11,13,15,18,21H,12,14H2,1H3/t15-,18+,21-/m1/s1. The largest absolute Gasteiger partial charge is 0.292 e. The zero-order chi connectivity index (χ0) is 23.7. The van der Waals surface area contributed by atoms with Gasteiger partial charge in [0.1, 0.15) is 12.1 Å². The summed E-state index contributed by atoms with van der Waals surface area (Å²) in [5.74, 6) is -4.18. The molecule has 2 aromatic carbocycles. The second kappa shape index (κ2) is 8.78. The molecule has 3 amide bonds. The number of hydrazine groups is 1. The van der Waals surface area contributed by atoms with Crippen molar-refractivity contribution in [1.82, 2.24) is 10.0 Å². The molecule has 0 bridgehead atoms. The minimum atomic E-state index is -0.965. The summed E-state index contributed by atoms with van der Waals surface area (Å²) in [5, 5.41) is 13.0. The lowest BCUT2D eigenvalue weighted by Gasteiger charge is -2.30. The van der Waals surface area contributed by atoms with Gasteiger partial charge in [0.2, 0.25) is 0 Å². The van der Waals surface area contributed by atoms with Crippen molar-refractivity contribution < 1.29 is 24.1 Å². The molecule has 0 saturated carbocycles. The van der Waals surface area contributed by atoms with Crippen molar-refractivity contribution in [2.45, 2.75) is 13.3 Å². The molecule has 0 aromatic heterocycles. The Morgan fingerprint density at radius 2 is 1.73 bits per heavy atom. The number of fused-ring (bicyclic) bond motifs is 1. The molecule has 0 N–H and O–H groups in total. The molecule has 168 valence electrons. The summed E-state index contributed by atoms with van der Waals surface area (Å²) >= 11 is 0. The highest BCUT2D eigenvalue weighted by Gasteiger charge is 2.53. The van der Waals surface area contributed by atoms with E-state index in [9.17, 15) is 29.3 Å². The first-order chi connectivity index (χ1) is 15.8. The Bertz CT molecular complexity index is 1180. The Hall–Kier alpha value is -4.14. The van der Waals surface area contributed by atoms with Crippen LogP contribution in [0.25, 0.3) is 0 Å². The molecule has 1 heterocycles. The van der Waals surface area contributed by atoms with Gasteiger partial charge in [0.05, 0.1) is 16.8 Å². The summed E-state index contributed by atoms with van der Waals surface area (Å²) in [5.41, 5.74) is -0.513. The molecule has 1 fully saturated rings. The van der Waals surface area contributed by atoms with E-state index in [1.54, 1.807) is 30.3 Å². The minimum absolute atomic E-state index is 0.224. The number of ketones is 1. The maximum atomic E-state index is 13.5. The molecule has 0 radical (unpaired) electrons. The van der Waals surface area contributed by atoms with Crippen LogP contribution in [0.2, 0.25) is 0 Å². The number of allylic oxidation sites excluding steroid dienone is 2. The molecule has 33 heavy (non-hydrogen) atoms. The highest BCUT2D eigenvalue weighted by molar-refractivity contribution is 6.10. The molecule has 9 heteroatoms. The van der Waals surface area contributed by atoms with Gasteiger partial charge in [0, 0.05) is 11.6 Å². The van der Waals surface area contributed by atoms with Gasteiger partial charge < -0.3 is 0 Å². The van der Waals surface area contributed by atoms with Gasteiger partial charge in [-0.1, -0.05) is 61.5 Å². The Morgan fingerprint density at radius 1 is 1.06 bits per heavy atom. The summed E-state index contributed by atoms with van der Waals surface area (Å²) in [6.07, 6.45) is 4.01. The number of hydrogen-bond donors (Lipinski definition) is 0. The average molecular weight is 447 g/mol. The Kier molecular flexibility index (Phi) is 5.87. The minimum Gasteiger partial charge on any atom is -0.292 e. The number of rotatable bonds is 6. The fraction of sp³-hybridized carbons (Fsp3) is 0.250. The number of imide groups is 1. The summed E-state index contributed by atoms with van der Waals surface area (Å²) in [4.78, 5) is 63.8. The van der Waals surface area contributed by atoms with Crippen LogP contribution in [0.1, 0.15) is 34.1 Å². The van der Waals surface area contributed by atoms with Crippen molar-refractivity contribution in [2.75, 3.05) is 6.54 Å². The van der Waals surface area contributed by atoms with Crippen LogP contribution in [0.3, 0.4) is 0 Å². The molecule has 3 atom stereocenters. The molecule has 0 unspecified atom stereocenters. The van der Waals surface area contributed by atoms with E-state index in [1.165, 1.54) is 18.2 Å². The molecule has 0 spiro atoms. The molecule has 1 saturated heterocycles. The van der Waals surface area contributed by atoms with Gasteiger partial charge >= 0.3 is 0 Å². The second-order valence-corrected chi connectivity index (χ2v) is 8.07. The lowest BCUT2D eigenvalue weighted by atomic mass is 9.78. The van der Waals surface area contributed by atoms with E-state index in [0.717, 1.165) is 16.1 Å². The third-order valence-electron chi connectivity index (χ3n) is 6.05. The highest BCUT2D eigenvalue weighted by Crippen LogP contribution is 2.39. The zero-order valence-electron chi connectivity index (χ0n) is 17.8. The summed E-state index contributed by atoms with van der Waals surface area (Å²) in [7, 11) is 0. The highest BCUT2D eigenvalue weighted by atomic mass is 16.6. The van der Waals surface area contributed by atoms with Gasteiger partial charge in [-0.05, 0) is 18.4 Å².